The van der Waals surface area contributed by atoms with Crippen molar-refractivity contribution in [3.8, 4) is 0 Å². The maximum atomic E-state index is 5.71. The quantitative estimate of drug-likeness (QED) is 0.617. The minimum absolute atomic E-state index is 0.138. The van der Waals surface area contributed by atoms with Crippen molar-refractivity contribution in [1.29, 1.82) is 0 Å². The first-order valence-electron chi connectivity index (χ1n) is 6.19. The van der Waals surface area contributed by atoms with Crippen molar-refractivity contribution in [3.05, 3.63) is 29.1 Å². The van der Waals surface area contributed by atoms with Crippen LogP contribution in [0, 0.1) is 19.8 Å². The molecule has 3 N–H and O–H groups in total. The molecule has 0 aromatic carbocycles. The van der Waals surface area contributed by atoms with Gasteiger partial charge in [-0.2, -0.15) is 0 Å². The smallest absolute Gasteiger partial charge is 0.0664 e. The molecule has 0 spiro atoms. The summed E-state index contributed by atoms with van der Waals surface area (Å²) in [5.74, 6) is 6.23. The number of aromatic nitrogens is 1. The Morgan fingerprint density at radius 2 is 2.12 bits per heavy atom. The molecular weight excluding hydrogens is 214 g/mol. The van der Waals surface area contributed by atoms with E-state index in [9.17, 15) is 0 Å². The van der Waals surface area contributed by atoms with Crippen LogP contribution in [0.5, 0.6) is 0 Å². The summed E-state index contributed by atoms with van der Waals surface area (Å²) < 4.78 is 5.39. The molecule has 1 saturated heterocycles. The Morgan fingerprint density at radius 1 is 1.41 bits per heavy atom. The second-order valence-electron chi connectivity index (χ2n) is 4.81. The van der Waals surface area contributed by atoms with Crippen molar-refractivity contribution in [3.63, 3.8) is 0 Å². The average Bonchev–Trinajstić information content (AvgIpc) is 2.34. The lowest BCUT2D eigenvalue weighted by molar-refractivity contribution is 0.0530. The fourth-order valence-electron chi connectivity index (χ4n) is 2.54. The van der Waals surface area contributed by atoms with Gasteiger partial charge in [0.2, 0.25) is 0 Å². The Bertz CT molecular complexity index is 375. The third-order valence-electron chi connectivity index (χ3n) is 3.47. The van der Waals surface area contributed by atoms with Crippen LogP contribution in [0.1, 0.15) is 35.7 Å². The van der Waals surface area contributed by atoms with E-state index < -0.39 is 0 Å². The van der Waals surface area contributed by atoms with Crippen LogP contribution in [-0.2, 0) is 4.74 Å². The summed E-state index contributed by atoms with van der Waals surface area (Å²) >= 11 is 0. The standard InChI is InChI=1S/C13H21N3O/c1-9-7-10(2)12(15-8-9)13(16-14)11-3-5-17-6-4-11/h7-8,11,13,16H,3-6,14H2,1-2H3. The number of hydrogen-bond acceptors (Lipinski definition) is 4. The number of nitrogens with zero attached hydrogens (tertiary/aromatic N) is 1. The molecule has 17 heavy (non-hydrogen) atoms. The largest absolute Gasteiger partial charge is 0.381 e. The van der Waals surface area contributed by atoms with Crippen LogP contribution >= 0.6 is 0 Å². The highest BCUT2D eigenvalue weighted by Crippen LogP contribution is 2.30. The highest BCUT2D eigenvalue weighted by Gasteiger charge is 2.26. The Kier molecular flexibility index (Phi) is 4.10. The van der Waals surface area contributed by atoms with Crippen molar-refractivity contribution in [2.24, 2.45) is 11.8 Å². The number of hydrazine groups is 1. The second kappa shape index (κ2) is 5.58. The number of rotatable bonds is 3. The second-order valence-corrected chi connectivity index (χ2v) is 4.81. The summed E-state index contributed by atoms with van der Waals surface area (Å²) in [6.07, 6.45) is 4.00. The van der Waals surface area contributed by atoms with Gasteiger partial charge in [-0.25, -0.2) is 0 Å². The molecule has 0 radical (unpaired) electrons. The van der Waals surface area contributed by atoms with Crippen LogP contribution in [-0.4, -0.2) is 18.2 Å². The minimum Gasteiger partial charge on any atom is -0.381 e. The van der Waals surface area contributed by atoms with Gasteiger partial charge in [0.15, 0.2) is 0 Å². The van der Waals surface area contributed by atoms with E-state index in [1.165, 1.54) is 11.1 Å². The van der Waals surface area contributed by atoms with Crippen molar-refractivity contribution in [2.45, 2.75) is 32.7 Å². The summed E-state index contributed by atoms with van der Waals surface area (Å²) in [4.78, 5) is 4.54. The molecule has 1 unspecified atom stereocenters. The fourth-order valence-corrected chi connectivity index (χ4v) is 2.54. The number of nitrogens with one attached hydrogen (secondary N) is 1. The molecule has 4 nitrogen and oxygen atoms in total. The number of hydrogen-bond donors (Lipinski definition) is 2. The summed E-state index contributed by atoms with van der Waals surface area (Å²) in [6, 6.07) is 2.30. The first-order valence-corrected chi connectivity index (χ1v) is 6.19. The molecular formula is C13H21N3O. The van der Waals surface area contributed by atoms with Gasteiger partial charge in [0.25, 0.3) is 0 Å². The van der Waals surface area contributed by atoms with E-state index in [1.807, 2.05) is 6.20 Å². The van der Waals surface area contributed by atoms with Crippen LogP contribution in [0.2, 0.25) is 0 Å². The van der Waals surface area contributed by atoms with Gasteiger partial charge >= 0.3 is 0 Å². The van der Waals surface area contributed by atoms with Crippen molar-refractivity contribution in [1.82, 2.24) is 10.4 Å². The molecule has 94 valence electrons. The third-order valence-corrected chi connectivity index (χ3v) is 3.47. The van der Waals surface area contributed by atoms with E-state index in [2.05, 4.69) is 30.3 Å². The molecule has 0 aliphatic carbocycles. The molecule has 2 rings (SSSR count). The predicted molar refractivity (Wildman–Crippen MR) is 67.3 cm³/mol. The SMILES string of the molecule is Cc1cnc(C(NN)C2CCOCC2)c(C)c1. The first-order chi connectivity index (χ1) is 8.22. The van der Waals surface area contributed by atoms with Gasteiger partial charge in [-0.15, -0.1) is 0 Å². The number of aryl methyl sites for hydroxylation is 2. The fraction of sp³-hybridized carbons (Fsp3) is 0.615. The van der Waals surface area contributed by atoms with E-state index in [0.717, 1.165) is 31.7 Å². The van der Waals surface area contributed by atoms with Crippen molar-refractivity contribution in [2.75, 3.05) is 13.2 Å². The van der Waals surface area contributed by atoms with E-state index in [-0.39, 0.29) is 6.04 Å². The zero-order valence-electron chi connectivity index (χ0n) is 10.6. The van der Waals surface area contributed by atoms with Crippen LogP contribution in [0.3, 0.4) is 0 Å². The van der Waals surface area contributed by atoms with Gasteiger partial charge in [-0.05, 0) is 43.7 Å². The number of nitrogens with two attached hydrogens (primary N) is 1. The zero-order valence-corrected chi connectivity index (χ0v) is 10.6. The third kappa shape index (κ3) is 2.83. The molecule has 2 heterocycles. The van der Waals surface area contributed by atoms with Gasteiger partial charge in [0.1, 0.15) is 0 Å². The summed E-state index contributed by atoms with van der Waals surface area (Å²) in [5.41, 5.74) is 6.40. The summed E-state index contributed by atoms with van der Waals surface area (Å²) in [7, 11) is 0. The molecule has 1 atom stereocenters. The Balaban J connectivity index is 2.21. The molecule has 1 aromatic heterocycles. The maximum absolute atomic E-state index is 5.71. The lowest BCUT2D eigenvalue weighted by Crippen LogP contribution is -2.37. The first kappa shape index (κ1) is 12.5. The molecule has 4 heteroatoms. The molecule has 0 bridgehead atoms. The normalized spacial score (nSPS) is 19.2. The topological polar surface area (TPSA) is 60.2 Å². The van der Waals surface area contributed by atoms with Gasteiger partial charge in [0.05, 0.1) is 11.7 Å². The van der Waals surface area contributed by atoms with Gasteiger partial charge in [0, 0.05) is 19.4 Å². The highest BCUT2D eigenvalue weighted by molar-refractivity contribution is 5.26. The van der Waals surface area contributed by atoms with Crippen molar-refractivity contribution < 1.29 is 4.74 Å². The van der Waals surface area contributed by atoms with E-state index in [0.29, 0.717) is 5.92 Å². The molecule has 1 fully saturated rings. The van der Waals surface area contributed by atoms with Gasteiger partial charge in [-0.1, -0.05) is 6.07 Å². The highest BCUT2D eigenvalue weighted by atomic mass is 16.5. The minimum atomic E-state index is 0.138. The van der Waals surface area contributed by atoms with Gasteiger partial charge in [-0.3, -0.25) is 16.3 Å². The molecule has 1 aromatic rings. The Hall–Kier alpha value is -0.970. The molecule has 1 aliphatic rings. The molecule has 1 aliphatic heterocycles. The van der Waals surface area contributed by atoms with Crippen LogP contribution < -0.4 is 11.3 Å². The van der Waals surface area contributed by atoms with E-state index in [4.69, 9.17) is 10.6 Å². The molecule has 0 amide bonds. The maximum Gasteiger partial charge on any atom is 0.0664 e. The van der Waals surface area contributed by atoms with E-state index >= 15 is 0 Å². The lowest BCUT2D eigenvalue weighted by Gasteiger charge is -2.30. The van der Waals surface area contributed by atoms with E-state index in [1.54, 1.807) is 0 Å². The average molecular weight is 235 g/mol. The van der Waals surface area contributed by atoms with Gasteiger partial charge < -0.3 is 4.74 Å². The van der Waals surface area contributed by atoms with Crippen LogP contribution in [0.15, 0.2) is 12.3 Å². The predicted octanol–water partition coefficient (Wildman–Crippen LogP) is 1.63. The number of ether oxygens (including phenoxy) is 1. The monoisotopic (exact) mass is 235 g/mol. The molecule has 0 saturated carbocycles. The Morgan fingerprint density at radius 3 is 2.71 bits per heavy atom. The lowest BCUT2D eigenvalue weighted by atomic mass is 9.88. The Labute approximate surface area is 103 Å². The zero-order chi connectivity index (χ0) is 12.3. The van der Waals surface area contributed by atoms with Crippen molar-refractivity contribution >= 4 is 0 Å². The summed E-state index contributed by atoms with van der Waals surface area (Å²) in [5, 5.41) is 0. The number of pyridine rings is 1. The van der Waals surface area contributed by atoms with Crippen LogP contribution in [0.4, 0.5) is 0 Å². The summed E-state index contributed by atoms with van der Waals surface area (Å²) in [6.45, 7) is 5.81. The van der Waals surface area contributed by atoms with Crippen LogP contribution in [0.25, 0.3) is 0 Å².